The summed E-state index contributed by atoms with van der Waals surface area (Å²) in [6.07, 6.45) is 6.82. The van der Waals surface area contributed by atoms with Crippen molar-refractivity contribution in [3.8, 4) is 5.92 Å². The van der Waals surface area contributed by atoms with E-state index in [0.29, 0.717) is 6.54 Å². The van der Waals surface area contributed by atoms with Crippen molar-refractivity contribution in [1.82, 2.24) is 15.0 Å². The minimum Gasteiger partial charge on any atom is -0.692 e. The fourth-order valence-electron chi connectivity index (χ4n) is 1.11. The van der Waals surface area contributed by atoms with Gasteiger partial charge in [0.15, 0.2) is 0 Å². The molecule has 0 aliphatic rings. The van der Waals surface area contributed by atoms with Gasteiger partial charge < -0.3 is 12.3 Å². The zero-order valence-electron chi connectivity index (χ0n) is 6.66. The van der Waals surface area contributed by atoms with E-state index < -0.39 is 0 Å². The smallest absolute Gasteiger partial charge is 0.692 e. The SMILES string of the molecule is [C-]#CCn1nnc2ccccc21.[Cu+]. The Labute approximate surface area is 86.6 Å². The van der Waals surface area contributed by atoms with Crippen molar-refractivity contribution in [1.29, 1.82) is 0 Å². The molecule has 0 atom stereocenters. The molecule has 0 spiro atoms. The van der Waals surface area contributed by atoms with Crippen molar-refractivity contribution in [2.24, 2.45) is 0 Å². The number of nitrogens with zero attached hydrogens (tertiary/aromatic N) is 3. The van der Waals surface area contributed by atoms with Crippen LogP contribution in [0.5, 0.6) is 0 Å². The van der Waals surface area contributed by atoms with E-state index in [9.17, 15) is 0 Å². The molecule has 1 aromatic heterocycles. The molecule has 0 N–H and O–H groups in total. The largest absolute Gasteiger partial charge is 1.00 e. The number of hydrogen-bond donors (Lipinski definition) is 0. The van der Waals surface area contributed by atoms with Crippen LogP contribution in [0.4, 0.5) is 0 Å². The second-order valence-corrected chi connectivity index (χ2v) is 2.41. The third kappa shape index (κ3) is 1.72. The Morgan fingerprint density at radius 3 is 2.92 bits per heavy atom. The summed E-state index contributed by atoms with van der Waals surface area (Å²) >= 11 is 0. The van der Waals surface area contributed by atoms with Crippen LogP contribution in [0.15, 0.2) is 24.3 Å². The van der Waals surface area contributed by atoms with Crippen LogP contribution in [0.3, 0.4) is 0 Å². The molecule has 0 saturated carbocycles. The standard InChI is InChI=1S/C9H6N3.Cu/c1-2-7-12-9-6-4-3-5-8(9)10-11-12;/h3-6H,7H2;/q-1;+1. The summed E-state index contributed by atoms with van der Waals surface area (Å²) < 4.78 is 1.64. The monoisotopic (exact) mass is 219 g/mol. The number of rotatable bonds is 1. The first-order chi connectivity index (χ1) is 5.92. The number of hydrogen-bond acceptors (Lipinski definition) is 2. The van der Waals surface area contributed by atoms with Crippen LogP contribution in [0.25, 0.3) is 11.0 Å². The minimum atomic E-state index is 0. The fourth-order valence-corrected chi connectivity index (χ4v) is 1.11. The first-order valence-corrected chi connectivity index (χ1v) is 3.59. The number of benzene rings is 1. The molecule has 3 nitrogen and oxygen atoms in total. The summed E-state index contributed by atoms with van der Waals surface area (Å²) in [6.45, 7) is 0.362. The van der Waals surface area contributed by atoms with Gasteiger partial charge in [-0.1, -0.05) is 17.3 Å². The van der Waals surface area contributed by atoms with E-state index in [1.54, 1.807) is 4.68 Å². The molecule has 4 heteroatoms. The first-order valence-electron chi connectivity index (χ1n) is 3.59. The zero-order chi connectivity index (χ0) is 8.39. The van der Waals surface area contributed by atoms with E-state index in [1.165, 1.54) is 0 Å². The van der Waals surface area contributed by atoms with Crippen LogP contribution in [-0.2, 0) is 23.6 Å². The molecule has 0 aliphatic carbocycles. The molecule has 1 aromatic carbocycles. The van der Waals surface area contributed by atoms with Gasteiger partial charge in [0.25, 0.3) is 0 Å². The quantitative estimate of drug-likeness (QED) is 0.407. The van der Waals surface area contributed by atoms with Crippen LogP contribution in [0.1, 0.15) is 0 Å². The van der Waals surface area contributed by atoms with Gasteiger partial charge >= 0.3 is 17.1 Å². The maximum atomic E-state index is 6.82. The summed E-state index contributed by atoms with van der Waals surface area (Å²) in [7, 11) is 0. The van der Waals surface area contributed by atoms with Gasteiger partial charge in [-0.15, -0.1) is 5.10 Å². The molecule has 68 valence electrons. The summed E-state index contributed by atoms with van der Waals surface area (Å²) in [6, 6.07) is 7.65. The summed E-state index contributed by atoms with van der Waals surface area (Å²) in [4.78, 5) is 0. The van der Waals surface area contributed by atoms with Crippen LogP contribution in [0.2, 0.25) is 0 Å². The second kappa shape index (κ2) is 4.08. The third-order valence-electron chi connectivity index (χ3n) is 1.65. The molecule has 1 heterocycles. The van der Waals surface area contributed by atoms with Gasteiger partial charge in [-0.3, -0.25) is 0 Å². The molecule has 0 fully saturated rings. The average molecular weight is 220 g/mol. The summed E-state index contributed by atoms with van der Waals surface area (Å²) in [5.74, 6) is 2.27. The van der Waals surface area contributed by atoms with Gasteiger partial charge in [-0.05, 0) is 12.1 Å². The van der Waals surface area contributed by atoms with Crippen molar-refractivity contribution in [3.05, 3.63) is 30.7 Å². The van der Waals surface area contributed by atoms with Gasteiger partial charge in [0.2, 0.25) is 0 Å². The first kappa shape index (κ1) is 9.78. The molecule has 0 radical (unpaired) electrons. The molecule has 0 bridgehead atoms. The van der Waals surface area contributed by atoms with Crippen LogP contribution in [-0.4, -0.2) is 15.0 Å². The van der Waals surface area contributed by atoms with Crippen molar-refractivity contribution in [3.63, 3.8) is 0 Å². The Hall–Kier alpha value is -1.30. The average Bonchev–Trinajstić information content (AvgIpc) is 2.50. The Morgan fingerprint density at radius 1 is 1.38 bits per heavy atom. The van der Waals surface area contributed by atoms with E-state index >= 15 is 0 Å². The van der Waals surface area contributed by atoms with Crippen LogP contribution in [0, 0.1) is 12.3 Å². The summed E-state index contributed by atoms with van der Waals surface area (Å²) in [5.41, 5.74) is 1.80. The Kier molecular flexibility index (Phi) is 3.07. The van der Waals surface area contributed by atoms with E-state index in [1.807, 2.05) is 24.3 Å². The van der Waals surface area contributed by atoms with Gasteiger partial charge in [0, 0.05) is 0 Å². The molecular weight excluding hydrogens is 214 g/mol. The van der Waals surface area contributed by atoms with Crippen LogP contribution >= 0.6 is 0 Å². The van der Waals surface area contributed by atoms with Crippen molar-refractivity contribution in [2.75, 3.05) is 0 Å². The Balaban J connectivity index is 0.000000845. The topological polar surface area (TPSA) is 30.7 Å². The van der Waals surface area contributed by atoms with E-state index in [0.717, 1.165) is 11.0 Å². The normalized spacial score (nSPS) is 9.15. The Bertz CT molecular complexity index is 441. The molecule has 13 heavy (non-hydrogen) atoms. The maximum absolute atomic E-state index is 6.82. The zero-order valence-corrected chi connectivity index (χ0v) is 7.60. The Morgan fingerprint density at radius 2 is 2.15 bits per heavy atom. The van der Waals surface area contributed by atoms with Crippen molar-refractivity contribution < 1.29 is 17.1 Å². The predicted molar refractivity (Wildman–Crippen MR) is 44.7 cm³/mol. The molecule has 2 rings (SSSR count). The predicted octanol–water partition coefficient (Wildman–Crippen LogP) is 1.02. The van der Waals surface area contributed by atoms with Crippen LogP contribution < -0.4 is 0 Å². The minimum absolute atomic E-state index is 0. The number of fused-ring (bicyclic) bond motifs is 1. The van der Waals surface area contributed by atoms with Gasteiger partial charge in [0.05, 0.1) is 12.1 Å². The van der Waals surface area contributed by atoms with E-state index in [-0.39, 0.29) is 17.1 Å². The summed E-state index contributed by atoms with van der Waals surface area (Å²) in [5, 5.41) is 7.80. The van der Waals surface area contributed by atoms with Gasteiger partial charge in [0.1, 0.15) is 5.52 Å². The van der Waals surface area contributed by atoms with Crippen molar-refractivity contribution in [2.45, 2.75) is 6.54 Å². The maximum Gasteiger partial charge on any atom is 1.00 e. The second-order valence-electron chi connectivity index (χ2n) is 2.41. The fraction of sp³-hybridized carbons (Fsp3) is 0.111. The van der Waals surface area contributed by atoms with Crippen molar-refractivity contribution >= 4 is 11.0 Å². The molecule has 0 aliphatic heterocycles. The van der Waals surface area contributed by atoms with E-state index in [2.05, 4.69) is 16.2 Å². The number of para-hydroxylation sites is 1. The third-order valence-corrected chi connectivity index (χ3v) is 1.65. The van der Waals surface area contributed by atoms with Gasteiger partial charge in [-0.25, -0.2) is 4.68 Å². The molecular formula is C9H6CuN3. The van der Waals surface area contributed by atoms with Gasteiger partial charge in [-0.2, -0.15) is 0 Å². The molecule has 0 saturated heterocycles. The molecule has 0 unspecified atom stereocenters. The molecule has 0 amide bonds. The molecule has 2 aromatic rings. The van der Waals surface area contributed by atoms with E-state index in [4.69, 9.17) is 6.42 Å². The number of aromatic nitrogens is 3.